The van der Waals surface area contributed by atoms with E-state index in [1.54, 1.807) is 0 Å². The minimum atomic E-state index is -2.11. The predicted molar refractivity (Wildman–Crippen MR) is 104 cm³/mol. The van der Waals surface area contributed by atoms with Crippen molar-refractivity contribution in [3.05, 3.63) is 0 Å². The molecular weight excluding hydrogens is 389 g/mol. The van der Waals surface area contributed by atoms with E-state index in [1.165, 1.54) is 12.8 Å². The predicted octanol–water partition coefficient (Wildman–Crippen LogP) is 4.82. The number of rotatable bonds is 5. The van der Waals surface area contributed by atoms with Crippen molar-refractivity contribution in [1.29, 1.82) is 0 Å². The van der Waals surface area contributed by atoms with Crippen molar-refractivity contribution < 1.29 is 0 Å². The topological polar surface area (TPSA) is 9.72 Å². The first-order valence-electron chi connectivity index (χ1n) is 9.32. The van der Waals surface area contributed by atoms with Gasteiger partial charge in [-0.3, -0.25) is 0 Å². The van der Waals surface area contributed by atoms with Crippen molar-refractivity contribution in [2.45, 2.75) is 118 Å². The van der Waals surface area contributed by atoms with Gasteiger partial charge in [0.05, 0.1) is 0 Å². The van der Waals surface area contributed by atoms with Crippen molar-refractivity contribution in [2.75, 3.05) is 6.67 Å². The van der Waals surface area contributed by atoms with E-state index in [0.717, 1.165) is 6.67 Å². The molecule has 0 atom stereocenters. The van der Waals surface area contributed by atoms with Gasteiger partial charge in [-0.05, 0) is 0 Å². The molecular formula is C19H42N3Sn. The van der Waals surface area contributed by atoms with Gasteiger partial charge < -0.3 is 0 Å². The van der Waals surface area contributed by atoms with E-state index in [1.807, 2.05) is 0 Å². The Morgan fingerprint density at radius 3 is 1.22 bits per heavy atom. The van der Waals surface area contributed by atoms with Crippen LogP contribution in [0.3, 0.4) is 0 Å². The van der Waals surface area contributed by atoms with Crippen LogP contribution in [0.4, 0.5) is 0 Å². The summed E-state index contributed by atoms with van der Waals surface area (Å²) in [4.78, 5) is 0. The molecule has 0 saturated carbocycles. The SMILES string of the molecule is CCC(C)(C)[N]1C[N](C(C)(C)CC)[Sn]1[N](C(C)(C)C)C(C)(C)C. The summed E-state index contributed by atoms with van der Waals surface area (Å²) in [6, 6.07) is 0. The van der Waals surface area contributed by atoms with Crippen LogP contribution < -0.4 is 0 Å². The normalized spacial score (nSPS) is 20.2. The van der Waals surface area contributed by atoms with Crippen LogP contribution in [0.15, 0.2) is 0 Å². The molecule has 1 aliphatic rings. The Bertz CT molecular complexity index is 368. The van der Waals surface area contributed by atoms with Gasteiger partial charge in [-0.25, -0.2) is 0 Å². The van der Waals surface area contributed by atoms with Gasteiger partial charge in [0.2, 0.25) is 0 Å². The summed E-state index contributed by atoms with van der Waals surface area (Å²) in [5.41, 5.74) is 1.03. The Morgan fingerprint density at radius 2 is 1.00 bits per heavy atom. The second-order valence-corrected chi connectivity index (χ2v) is 16.4. The molecule has 1 heterocycles. The van der Waals surface area contributed by atoms with Gasteiger partial charge in [-0.15, -0.1) is 0 Å². The third-order valence-corrected chi connectivity index (χ3v) is 17.5. The molecule has 0 aromatic heterocycles. The molecule has 0 amide bonds. The Hall–Kier alpha value is 0.679. The minimum absolute atomic E-state index is 0.206. The van der Waals surface area contributed by atoms with Gasteiger partial charge >= 0.3 is 155 Å². The number of hydrogen-bond donors (Lipinski definition) is 0. The molecule has 0 spiro atoms. The van der Waals surface area contributed by atoms with Crippen LogP contribution in [-0.2, 0) is 0 Å². The quantitative estimate of drug-likeness (QED) is 0.578. The van der Waals surface area contributed by atoms with E-state index in [2.05, 4.69) is 92.4 Å². The van der Waals surface area contributed by atoms with E-state index in [0.29, 0.717) is 11.1 Å². The zero-order valence-electron chi connectivity index (χ0n) is 18.0. The van der Waals surface area contributed by atoms with Crippen molar-refractivity contribution in [2.24, 2.45) is 0 Å². The summed E-state index contributed by atoms with van der Waals surface area (Å²) in [7, 11) is 0. The Labute approximate surface area is 154 Å². The zero-order chi connectivity index (χ0) is 18.4. The average Bonchev–Trinajstić information content (AvgIpc) is 2.30. The van der Waals surface area contributed by atoms with Crippen molar-refractivity contribution in [3.63, 3.8) is 0 Å². The van der Waals surface area contributed by atoms with Gasteiger partial charge in [0.15, 0.2) is 0 Å². The van der Waals surface area contributed by atoms with Gasteiger partial charge in [0.25, 0.3) is 0 Å². The zero-order valence-corrected chi connectivity index (χ0v) is 20.8. The average molecular weight is 431 g/mol. The molecule has 0 bridgehead atoms. The molecule has 137 valence electrons. The fourth-order valence-corrected chi connectivity index (χ4v) is 14.0. The molecule has 0 unspecified atom stereocenters. The Morgan fingerprint density at radius 1 is 0.696 bits per heavy atom. The third kappa shape index (κ3) is 4.45. The fourth-order valence-electron chi connectivity index (χ4n) is 3.49. The molecule has 1 saturated heterocycles. The summed E-state index contributed by atoms with van der Waals surface area (Å²) in [5.74, 6) is 0. The van der Waals surface area contributed by atoms with Crippen molar-refractivity contribution in [1.82, 2.24) is 9.36 Å². The van der Waals surface area contributed by atoms with Gasteiger partial charge in [-0.2, -0.15) is 0 Å². The van der Waals surface area contributed by atoms with Crippen LogP contribution in [0.2, 0.25) is 0 Å². The first-order valence-corrected chi connectivity index (χ1v) is 13.1. The van der Waals surface area contributed by atoms with E-state index >= 15 is 0 Å². The molecule has 0 aromatic carbocycles. The molecule has 1 radical (unpaired) electrons. The molecule has 0 aliphatic carbocycles. The maximum absolute atomic E-state index is 2.90. The molecule has 0 aromatic rings. The fraction of sp³-hybridized carbons (Fsp3) is 1.00. The second kappa shape index (κ2) is 6.77. The van der Waals surface area contributed by atoms with Crippen LogP contribution in [-0.4, -0.2) is 58.8 Å². The van der Waals surface area contributed by atoms with Crippen LogP contribution in [0.25, 0.3) is 0 Å². The summed E-state index contributed by atoms with van der Waals surface area (Å²) in [6.45, 7) is 30.0. The summed E-state index contributed by atoms with van der Waals surface area (Å²) in [6.07, 6.45) is 2.44. The van der Waals surface area contributed by atoms with Gasteiger partial charge in [0, 0.05) is 0 Å². The molecule has 3 nitrogen and oxygen atoms in total. The van der Waals surface area contributed by atoms with Crippen LogP contribution >= 0.6 is 0 Å². The van der Waals surface area contributed by atoms with Crippen molar-refractivity contribution in [3.8, 4) is 0 Å². The van der Waals surface area contributed by atoms with Gasteiger partial charge in [-0.1, -0.05) is 0 Å². The first kappa shape index (κ1) is 21.7. The Kier molecular flexibility index (Phi) is 6.39. The van der Waals surface area contributed by atoms with Gasteiger partial charge in [0.1, 0.15) is 0 Å². The summed E-state index contributed by atoms with van der Waals surface area (Å²) >= 11 is -2.11. The molecule has 4 heteroatoms. The molecule has 1 fully saturated rings. The third-order valence-electron chi connectivity index (χ3n) is 5.50. The van der Waals surface area contributed by atoms with Crippen LogP contribution in [0.5, 0.6) is 0 Å². The van der Waals surface area contributed by atoms with E-state index < -0.39 is 20.6 Å². The van der Waals surface area contributed by atoms with E-state index in [4.69, 9.17) is 0 Å². The van der Waals surface area contributed by atoms with E-state index in [-0.39, 0.29) is 11.1 Å². The first-order chi connectivity index (χ1) is 10.1. The van der Waals surface area contributed by atoms with Crippen molar-refractivity contribution >= 4 is 20.6 Å². The molecule has 0 N–H and O–H groups in total. The standard InChI is InChI=1S/C11H24N2.C8H18N.Sn/c1-7-10(3,4)12-9-13-11(5,6)8-2;1-7(2,3)9-8(4,5)6;/h7-9H2,1-6H3;1-6H3;/q-2;-1;+3. The second-order valence-electron chi connectivity index (χ2n) is 10.3. The summed E-state index contributed by atoms with van der Waals surface area (Å²) < 4.78 is 8.69. The number of nitrogens with zero attached hydrogens (tertiary/aromatic N) is 3. The summed E-state index contributed by atoms with van der Waals surface area (Å²) in [5, 5.41) is 0. The number of hydrogen-bond acceptors (Lipinski definition) is 3. The maximum atomic E-state index is 2.90. The molecule has 1 rings (SSSR count). The molecule has 1 aliphatic heterocycles. The monoisotopic (exact) mass is 432 g/mol. The molecule has 23 heavy (non-hydrogen) atoms. The van der Waals surface area contributed by atoms with Crippen LogP contribution in [0, 0.1) is 0 Å². The Balaban J connectivity index is 3.33. The van der Waals surface area contributed by atoms with Crippen LogP contribution in [0.1, 0.15) is 95.9 Å². The van der Waals surface area contributed by atoms with E-state index in [9.17, 15) is 0 Å².